The zero-order valence-electron chi connectivity index (χ0n) is 13.6. The van der Waals surface area contributed by atoms with Gasteiger partial charge in [0.2, 0.25) is 0 Å². The predicted molar refractivity (Wildman–Crippen MR) is 88.3 cm³/mol. The third-order valence-corrected chi connectivity index (χ3v) is 4.48. The molecule has 22 heavy (non-hydrogen) atoms. The van der Waals surface area contributed by atoms with Gasteiger partial charge in [-0.05, 0) is 32.8 Å². The Labute approximate surface area is 135 Å². The van der Waals surface area contributed by atoms with Crippen LogP contribution >= 0.6 is 11.3 Å². The molecule has 0 spiro atoms. The van der Waals surface area contributed by atoms with Gasteiger partial charge in [-0.3, -0.25) is 4.68 Å². The second kappa shape index (κ2) is 7.40. The van der Waals surface area contributed by atoms with Crippen LogP contribution in [0.15, 0.2) is 5.38 Å². The summed E-state index contributed by atoms with van der Waals surface area (Å²) in [7, 11) is 1.94. The maximum atomic E-state index is 11.7. The normalized spacial score (nSPS) is 10.7. The molecule has 0 aromatic carbocycles. The zero-order valence-corrected chi connectivity index (χ0v) is 14.4. The third-order valence-electron chi connectivity index (χ3n) is 3.65. The molecule has 0 bridgehead atoms. The van der Waals surface area contributed by atoms with E-state index in [0.717, 1.165) is 34.9 Å². The molecule has 7 heteroatoms. The van der Waals surface area contributed by atoms with Crippen molar-refractivity contribution >= 4 is 17.4 Å². The average molecular weight is 321 g/mol. The fourth-order valence-corrected chi connectivity index (χ4v) is 3.02. The Morgan fingerprint density at radius 2 is 1.91 bits per heavy atom. The van der Waals surface area contributed by atoms with Gasteiger partial charge in [0.15, 0.2) is 0 Å². The van der Waals surface area contributed by atoms with Gasteiger partial charge < -0.3 is 10.6 Å². The Balaban J connectivity index is 1.67. The zero-order chi connectivity index (χ0) is 16.1. The van der Waals surface area contributed by atoms with Crippen molar-refractivity contribution in [1.82, 2.24) is 25.4 Å². The third kappa shape index (κ3) is 4.30. The lowest BCUT2D eigenvalue weighted by molar-refractivity contribution is 0.241. The summed E-state index contributed by atoms with van der Waals surface area (Å²) >= 11 is 1.63. The van der Waals surface area contributed by atoms with Gasteiger partial charge in [0.25, 0.3) is 0 Å². The standard InChI is InChI=1S/C15H23N5OS/c1-10-14(11(2)20(4)19-10)6-8-17-15(21)16-7-5-13-9-22-12(3)18-13/h9H,5-8H2,1-4H3,(H2,16,17,21). The molecular formula is C15H23N5OS. The smallest absolute Gasteiger partial charge is 0.314 e. The lowest BCUT2D eigenvalue weighted by Crippen LogP contribution is -2.37. The maximum Gasteiger partial charge on any atom is 0.314 e. The highest BCUT2D eigenvalue weighted by atomic mass is 32.1. The molecular weight excluding hydrogens is 298 g/mol. The van der Waals surface area contributed by atoms with Gasteiger partial charge >= 0.3 is 6.03 Å². The van der Waals surface area contributed by atoms with Crippen LogP contribution in [0.5, 0.6) is 0 Å². The van der Waals surface area contributed by atoms with Gasteiger partial charge in [0.05, 0.1) is 16.4 Å². The first-order chi connectivity index (χ1) is 10.5. The lowest BCUT2D eigenvalue weighted by Gasteiger charge is -2.07. The van der Waals surface area contributed by atoms with Crippen LogP contribution in [0.25, 0.3) is 0 Å². The quantitative estimate of drug-likeness (QED) is 0.853. The Morgan fingerprint density at radius 1 is 1.23 bits per heavy atom. The average Bonchev–Trinajstić information content (AvgIpc) is 2.97. The number of nitrogens with zero attached hydrogens (tertiary/aromatic N) is 3. The number of carbonyl (C=O) groups is 1. The molecule has 0 fully saturated rings. The van der Waals surface area contributed by atoms with Crippen molar-refractivity contribution in [3.63, 3.8) is 0 Å². The maximum absolute atomic E-state index is 11.7. The predicted octanol–water partition coefficient (Wildman–Crippen LogP) is 1.89. The van der Waals surface area contributed by atoms with Crippen LogP contribution in [0.2, 0.25) is 0 Å². The summed E-state index contributed by atoms with van der Waals surface area (Å²) in [5.41, 5.74) is 4.42. The molecule has 0 unspecified atom stereocenters. The first-order valence-electron chi connectivity index (χ1n) is 7.39. The molecule has 120 valence electrons. The number of hydrogen-bond donors (Lipinski definition) is 2. The molecule has 2 rings (SSSR count). The number of amides is 2. The summed E-state index contributed by atoms with van der Waals surface area (Å²) in [5, 5.41) is 13.2. The van der Waals surface area contributed by atoms with E-state index in [9.17, 15) is 4.79 Å². The van der Waals surface area contributed by atoms with E-state index in [2.05, 4.69) is 20.7 Å². The van der Waals surface area contributed by atoms with Gasteiger partial charge in [-0.2, -0.15) is 5.10 Å². The Kier molecular flexibility index (Phi) is 5.54. The minimum absolute atomic E-state index is 0.133. The van der Waals surface area contributed by atoms with Gasteiger partial charge in [-0.15, -0.1) is 11.3 Å². The molecule has 2 aromatic rings. The molecule has 6 nitrogen and oxygen atoms in total. The largest absolute Gasteiger partial charge is 0.338 e. The SMILES string of the molecule is Cc1nc(CCNC(=O)NCCc2c(C)nn(C)c2C)cs1. The number of rotatable bonds is 6. The molecule has 0 saturated carbocycles. The van der Waals surface area contributed by atoms with E-state index in [1.165, 1.54) is 5.56 Å². The Hall–Kier alpha value is -1.89. The fraction of sp³-hybridized carbons (Fsp3) is 0.533. The second-order valence-corrected chi connectivity index (χ2v) is 6.38. The van der Waals surface area contributed by atoms with Crippen LogP contribution in [0, 0.1) is 20.8 Å². The van der Waals surface area contributed by atoms with Gasteiger partial charge in [0, 0.05) is 37.6 Å². The number of thiazole rings is 1. The molecule has 0 saturated heterocycles. The van der Waals surface area contributed by atoms with Crippen LogP contribution in [0.1, 0.15) is 27.7 Å². The highest BCUT2D eigenvalue weighted by molar-refractivity contribution is 7.09. The summed E-state index contributed by atoms with van der Waals surface area (Å²) in [5.74, 6) is 0. The molecule has 0 atom stereocenters. The highest BCUT2D eigenvalue weighted by Crippen LogP contribution is 2.11. The summed E-state index contributed by atoms with van der Waals surface area (Å²) in [6.45, 7) is 7.23. The van der Waals surface area contributed by atoms with E-state index in [1.807, 2.05) is 37.9 Å². The molecule has 0 aliphatic carbocycles. The Morgan fingerprint density at radius 3 is 2.45 bits per heavy atom. The molecule has 0 radical (unpaired) electrons. The van der Waals surface area contributed by atoms with Crippen molar-refractivity contribution in [2.75, 3.05) is 13.1 Å². The Bertz CT molecular complexity index is 646. The minimum Gasteiger partial charge on any atom is -0.338 e. The molecule has 2 heterocycles. The van der Waals surface area contributed by atoms with E-state index in [4.69, 9.17) is 0 Å². The number of nitrogens with one attached hydrogen (secondary N) is 2. The van der Waals surface area contributed by atoms with E-state index >= 15 is 0 Å². The van der Waals surface area contributed by atoms with Crippen LogP contribution in [0.3, 0.4) is 0 Å². The van der Waals surface area contributed by atoms with Crippen LogP contribution in [-0.4, -0.2) is 33.9 Å². The number of hydrogen-bond acceptors (Lipinski definition) is 4. The lowest BCUT2D eigenvalue weighted by atomic mass is 10.1. The number of aryl methyl sites for hydroxylation is 3. The van der Waals surface area contributed by atoms with Gasteiger partial charge in [-0.25, -0.2) is 9.78 Å². The van der Waals surface area contributed by atoms with Crippen LogP contribution in [0.4, 0.5) is 4.79 Å². The van der Waals surface area contributed by atoms with Crippen molar-refractivity contribution in [3.8, 4) is 0 Å². The molecule has 2 aromatic heterocycles. The molecule has 2 N–H and O–H groups in total. The number of urea groups is 1. The summed E-state index contributed by atoms with van der Waals surface area (Å²) in [4.78, 5) is 16.1. The van der Waals surface area contributed by atoms with Crippen LogP contribution in [-0.2, 0) is 19.9 Å². The van der Waals surface area contributed by atoms with Crippen molar-refractivity contribution in [1.29, 1.82) is 0 Å². The summed E-state index contributed by atoms with van der Waals surface area (Å²) in [6, 6.07) is -0.133. The summed E-state index contributed by atoms with van der Waals surface area (Å²) in [6.07, 6.45) is 1.56. The van der Waals surface area contributed by atoms with Crippen molar-refractivity contribution in [2.24, 2.45) is 7.05 Å². The molecule has 0 aliphatic rings. The number of aromatic nitrogens is 3. The highest BCUT2D eigenvalue weighted by Gasteiger charge is 2.09. The topological polar surface area (TPSA) is 71.8 Å². The van der Waals surface area contributed by atoms with Gasteiger partial charge in [-0.1, -0.05) is 0 Å². The van der Waals surface area contributed by atoms with E-state index < -0.39 is 0 Å². The summed E-state index contributed by atoms with van der Waals surface area (Å²) < 4.78 is 1.88. The van der Waals surface area contributed by atoms with Crippen molar-refractivity contribution < 1.29 is 4.79 Å². The van der Waals surface area contributed by atoms with E-state index in [-0.39, 0.29) is 6.03 Å². The van der Waals surface area contributed by atoms with Crippen LogP contribution < -0.4 is 10.6 Å². The second-order valence-electron chi connectivity index (χ2n) is 5.31. The van der Waals surface area contributed by atoms with Crippen molar-refractivity contribution in [2.45, 2.75) is 33.6 Å². The fourth-order valence-electron chi connectivity index (χ4n) is 2.37. The first kappa shape index (κ1) is 16.5. The number of carbonyl (C=O) groups excluding carboxylic acids is 1. The van der Waals surface area contributed by atoms with Gasteiger partial charge in [0.1, 0.15) is 0 Å². The molecule has 0 aliphatic heterocycles. The van der Waals surface area contributed by atoms with E-state index in [0.29, 0.717) is 13.1 Å². The first-order valence-corrected chi connectivity index (χ1v) is 8.27. The molecule has 2 amide bonds. The monoisotopic (exact) mass is 321 g/mol. The van der Waals surface area contributed by atoms with Crippen molar-refractivity contribution in [3.05, 3.63) is 33.0 Å². The minimum atomic E-state index is -0.133. The van der Waals surface area contributed by atoms with E-state index in [1.54, 1.807) is 11.3 Å².